The Bertz CT molecular complexity index is 721. The Morgan fingerprint density at radius 1 is 1.24 bits per heavy atom. The van der Waals surface area contributed by atoms with Gasteiger partial charge in [0.2, 0.25) is 0 Å². The van der Waals surface area contributed by atoms with E-state index in [0.717, 1.165) is 5.56 Å². The SMILES string of the molecule is Cc1ccc(S(=O)(=O)OCC2(C)CCN(C(=O)OC(C)(C)C)C2)cc1. The van der Waals surface area contributed by atoms with Gasteiger partial charge in [-0.2, -0.15) is 8.42 Å². The highest BCUT2D eigenvalue weighted by Gasteiger charge is 2.39. The third-order valence-electron chi connectivity index (χ3n) is 4.08. The molecule has 1 aliphatic rings. The van der Waals surface area contributed by atoms with Crippen molar-refractivity contribution in [2.75, 3.05) is 19.7 Å². The standard InChI is InChI=1S/C18H27NO5S/c1-14-6-8-15(9-7-14)25(21,22)23-13-18(5)10-11-19(12-18)16(20)24-17(2,3)4/h6-9H,10-13H2,1-5H3. The first-order valence-corrected chi connectivity index (χ1v) is 9.75. The van der Waals surface area contributed by atoms with E-state index in [1.165, 1.54) is 12.1 Å². The number of likely N-dealkylation sites (tertiary alicyclic amines) is 1. The predicted molar refractivity (Wildman–Crippen MR) is 94.8 cm³/mol. The van der Waals surface area contributed by atoms with Crippen molar-refractivity contribution in [1.82, 2.24) is 4.90 Å². The fraction of sp³-hybridized carbons (Fsp3) is 0.611. The molecule has 0 N–H and O–H groups in total. The Balaban J connectivity index is 1.96. The normalized spacial score (nSPS) is 21.4. The molecule has 0 bridgehead atoms. The van der Waals surface area contributed by atoms with Gasteiger partial charge in [0.05, 0.1) is 11.5 Å². The Kier molecular flexibility index (Phi) is 5.49. The first kappa shape index (κ1) is 19.7. The van der Waals surface area contributed by atoms with Crippen LogP contribution in [0.5, 0.6) is 0 Å². The molecule has 140 valence electrons. The van der Waals surface area contributed by atoms with Gasteiger partial charge in [-0.15, -0.1) is 0 Å². The number of benzene rings is 1. The molecule has 1 amide bonds. The van der Waals surface area contributed by atoms with Crippen LogP contribution in [-0.2, 0) is 19.0 Å². The van der Waals surface area contributed by atoms with Gasteiger partial charge in [-0.05, 0) is 46.2 Å². The number of rotatable bonds is 4. The van der Waals surface area contributed by atoms with Crippen LogP contribution in [0.3, 0.4) is 0 Å². The molecule has 2 rings (SSSR count). The van der Waals surface area contributed by atoms with E-state index in [0.29, 0.717) is 19.5 Å². The van der Waals surface area contributed by atoms with Crippen LogP contribution in [-0.4, -0.2) is 44.7 Å². The topological polar surface area (TPSA) is 72.9 Å². The summed E-state index contributed by atoms with van der Waals surface area (Å²) in [4.78, 5) is 13.9. The fourth-order valence-electron chi connectivity index (χ4n) is 2.62. The van der Waals surface area contributed by atoms with Crippen LogP contribution in [0.25, 0.3) is 0 Å². The van der Waals surface area contributed by atoms with Gasteiger partial charge in [0.25, 0.3) is 10.1 Å². The van der Waals surface area contributed by atoms with E-state index in [4.69, 9.17) is 8.92 Å². The van der Waals surface area contributed by atoms with Crippen LogP contribution in [0.15, 0.2) is 29.2 Å². The molecule has 6 nitrogen and oxygen atoms in total. The third kappa shape index (κ3) is 5.44. The van der Waals surface area contributed by atoms with Gasteiger partial charge in [0.1, 0.15) is 5.60 Å². The summed E-state index contributed by atoms with van der Waals surface area (Å²) in [6.45, 7) is 10.2. The van der Waals surface area contributed by atoms with Gasteiger partial charge < -0.3 is 9.64 Å². The molecule has 1 aromatic rings. The minimum absolute atomic E-state index is 0.0303. The zero-order valence-electron chi connectivity index (χ0n) is 15.5. The maximum absolute atomic E-state index is 12.3. The van der Waals surface area contributed by atoms with Crippen molar-refractivity contribution < 1.29 is 22.1 Å². The summed E-state index contributed by atoms with van der Waals surface area (Å²) in [5.74, 6) is 0. The average Bonchev–Trinajstić information content (AvgIpc) is 2.88. The predicted octanol–water partition coefficient (Wildman–Crippen LogP) is 3.35. The van der Waals surface area contributed by atoms with E-state index < -0.39 is 21.1 Å². The molecule has 1 unspecified atom stereocenters. The van der Waals surface area contributed by atoms with E-state index in [1.54, 1.807) is 17.0 Å². The second kappa shape index (κ2) is 6.96. The summed E-state index contributed by atoms with van der Waals surface area (Å²) in [7, 11) is -3.80. The number of carbonyl (C=O) groups is 1. The van der Waals surface area contributed by atoms with Crippen LogP contribution in [0.4, 0.5) is 4.79 Å². The molecule has 25 heavy (non-hydrogen) atoms. The summed E-state index contributed by atoms with van der Waals surface area (Å²) < 4.78 is 35.3. The van der Waals surface area contributed by atoms with E-state index in [-0.39, 0.29) is 17.6 Å². The van der Waals surface area contributed by atoms with Crippen molar-refractivity contribution in [2.24, 2.45) is 5.41 Å². The molecule has 1 aliphatic heterocycles. The number of ether oxygens (including phenoxy) is 1. The zero-order chi connectivity index (χ0) is 18.9. The lowest BCUT2D eigenvalue weighted by Crippen LogP contribution is -2.37. The van der Waals surface area contributed by atoms with Crippen LogP contribution in [0.2, 0.25) is 0 Å². The minimum Gasteiger partial charge on any atom is -0.444 e. The Labute approximate surface area is 150 Å². The highest BCUT2D eigenvalue weighted by atomic mass is 32.2. The summed E-state index contributed by atoms with van der Waals surface area (Å²) >= 11 is 0. The zero-order valence-corrected chi connectivity index (χ0v) is 16.4. The van der Waals surface area contributed by atoms with Gasteiger partial charge >= 0.3 is 6.09 Å². The maximum atomic E-state index is 12.3. The van der Waals surface area contributed by atoms with Crippen LogP contribution in [0.1, 0.15) is 39.7 Å². The van der Waals surface area contributed by atoms with Crippen molar-refractivity contribution in [1.29, 1.82) is 0 Å². The molecular weight excluding hydrogens is 342 g/mol. The van der Waals surface area contributed by atoms with Crippen molar-refractivity contribution in [2.45, 2.75) is 51.5 Å². The highest BCUT2D eigenvalue weighted by molar-refractivity contribution is 7.86. The molecule has 0 aliphatic carbocycles. The number of amides is 1. The molecule has 0 saturated carbocycles. The first-order chi connectivity index (χ1) is 11.4. The molecule has 1 heterocycles. The number of hydrogen-bond donors (Lipinski definition) is 0. The van der Waals surface area contributed by atoms with Crippen LogP contribution >= 0.6 is 0 Å². The lowest BCUT2D eigenvalue weighted by atomic mass is 9.91. The highest BCUT2D eigenvalue weighted by Crippen LogP contribution is 2.32. The largest absolute Gasteiger partial charge is 0.444 e. The van der Waals surface area contributed by atoms with Crippen LogP contribution < -0.4 is 0 Å². The third-order valence-corrected chi connectivity index (χ3v) is 5.36. The van der Waals surface area contributed by atoms with Gasteiger partial charge in [-0.25, -0.2) is 4.79 Å². The maximum Gasteiger partial charge on any atom is 0.410 e. The van der Waals surface area contributed by atoms with Gasteiger partial charge in [-0.1, -0.05) is 24.6 Å². The Hall–Kier alpha value is -1.60. The van der Waals surface area contributed by atoms with Gasteiger partial charge in [-0.3, -0.25) is 4.18 Å². The summed E-state index contributed by atoms with van der Waals surface area (Å²) in [6.07, 6.45) is 0.285. The first-order valence-electron chi connectivity index (χ1n) is 8.34. The Morgan fingerprint density at radius 2 is 1.84 bits per heavy atom. The average molecular weight is 369 g/mol. The smallest absolute Gasteiger partial charge is 0.410 e. The quantitative estimate of drug-likeness (QED) is 0.761. The van der Waals surface area contributed by atoms with Crippen molar-refractivity contribution in [3.63, 3.8) is 0 Å². The van der Waals surface area contributed by atoms with Crippen molar-refractivity contribution >= 4 is 16.2 Å². The molecule has 1 atom stereocenters. The monoisotopic (exact) mass is 369 g/mol. The number of carbonyl (C=O) groups excluding carboxylic acids is 1. The number of hydrogen-bond acceptors (Lipinski definition) is 5. The second-order valence-electron chi connectivity index (χ2n) is 7.99. The van der Waals surface area contributed by atoms with E-state index in [2.05, 4.69) is 0 Å². The molecule has 7 heteroatoms. The lowest BCUT2D eigenvalue weighted by Gasteiger charge is -2.26. The summed E-state index contributed by atoms with van der Waals surface area (Å²) in [6, 6.07) is 6.54. The fourth-order valence-corrected chi connectivity index (χ4v) is 3.66. The van der Waals surface area contributed by atoms with Gasteiger partial charge in [0.15, 0.2) is 0 Å². The van der Waals surface area contributed by atoms with Gasteiger partial charge in [0, 0.05) is 18.5 Å². The molecule has 0 spiro atoms. The van der Waals surface area contributed by atoms with E-state index in [9.17, 15) is 13.2 Å². The van der Waals surface area contributed by atoms with Crippen molar-refractivity contribution in [3.8, 4) is 0 Å². The molecule has 0 aromatic heterocycles. The number of nitrogens with zero attached hydrogens (tertiary/aromatic N) is 1. The molecule has 0 radical (unpaired) electrons. The molecular formula is C18H27NO5S. The summed E-state index contributed by atoms with van der Waals surface area (Å²) in [5, 5.41) is 0. The summed E-state index contributed by atoms with van der Waals surface area (Å²) in [5.41, 5.74) is 0.00505. The molecule has 1 aromatic carbocycles. The second-order valence-corrected chi connectivity index (χ2v) is 9.61. The molecule has 1 saturated heterocycles. The minimum atomic E-state index is -3.80. The van der Waals surface area contributed by atoms with E-state index >= 15 is 0 Å². The number of aryl methyl sites for hydroxylation is 1. The van der Waals surface area contributed by atoms with Crippen LogP contribution in [0, 0.1) is 12.3 Å². The lowest BCUT2D eigenvalue weighted by molar-refractivity contribution is 0.0266. The molecule has 1 fully saturated rings. The van der Waals surface area contributed by atoms with E-state index in [1.807, 2.05) is 34.6 Å². The van der Waals surface area contributed by atoms with Crippen molar-refractivity contribution in [3.05, 3.63) is 29.8 Å². The Morgan fingerprint density at radius 3 is 2.40 bits per heavy atom.